The molecule has 2 heterocycles. The van der Waals surface area contributed by atoms with Crippen molar-refractivity contribution in [1.29, 1.82) is 0 Å². The molecular formula is C22H30N2O2S. The number of ether oxygens (including phenoxy) is 1. The van der Waals surface area contributed by atoms with Crippen LogP contribution in [0.2, 0.25) is 0 Å². The molecule has 0 saturated carbocycles. The molecule has 0 bridgehead atoms. The van der Waals surface area contributed by atoms with E-state index in [1.807, 2.05) is 35.6 Å². The Labute approximate surface area is 166 Å². The molecule has 1 aliphatic rings. The van der Waals surface area contributed by atoms with Crippen LogP contribution in [0.4, 0.5) is 0 Å². The maximum Gasteiger partial charge on any atom is 0.251 e. The van der Waals surface area contributed by atoms with Crippen LogP contribution in [0.1, 0.15) is 41.9 Å². The van der Waals surface area contributed by atoms with E-state index in [4.69, 9.17) is 4.74 Å². The van der Waals surface area contributed by atoms with Gasteiger partial charge in [0.2, 0.25) is 0 Å². The lowest BCUT2D eigenvalue weighted by atomic mass is 9.96. The Morgan fingerprint density at radius 3 is 2.78 bits per heavy atom. The van der Waals surface area contributed by atoms with Crippen molar-refractivity contribution in [3.63, 3.8) is 0 Å². The average Bonchev–Trinajstić information content (AvgIpc) is 3.19. The van der Waals surface area contributed by atoms with E-state index < -0.39 is 0 Å². The minimum atomic E-state index is -0.00832. The topological polar surface area (TPSA) is 41.6 Å². The molecule has 1 N–H and O–H groups in total. The molecule has 1 aromatic carbocycles. The summed E-state index contributed by atoms with van der Waals surface area (Å²) in [7, 11) is 0. The molecule has 0 radical (unpaired) electrons. The maximum atomic E-state index is 12.5. The fraction of sp³-hybridized carbons (Fsp3) is 0.500. The Kier molecular flexibility index (Phi) is 7.30. The first-order chi connectivity index (χ1) is 13.1. The third-order valence-corrected chi connectivity index (χ3v) is 5.76. The molecule has 1 aliphatic heterocycles. The maximum absolute atomic E-state index is 12.5. The number of likely N-dealkylation sites (tertiary alicyclic amines) is 1. The van der Waals surface area contributed by atoms with E-state index in [1.165, 1.54) is 4.88 Å². The Balaban J connectivity index is 1.41. The van der Waals surface area contributed by atoms with E-state index in [0.717, 1.165) is 44.8 Å². The first-order valence-corrected chi connectivity index (χ1v) is 10.7. The highest BCUT2D eigenvalue weighted by Gasteiger charge is 2.20. The smallest absolute Gasteiger partial charge is 0.251 e. The van der Waals surface area contributed by atoms with Crippen LogP contribution < -0.4 is 10.1 Å². The number of amides is 1. The van der Waals surface area contributed by atoms with Gasteiger partial charge in [0.05, 0.1) is 6.61 Å². The molecule has 2 aromatic rings. The number of rotatable bonds is 8. The minimum Gasteiger partial charge on any atom is -0.493 e. The van der Waals surface area contributed by atoms with Crippen molar-refractivity contribution in [2.45, 2.75) is 33.2 Å². The summed E-state index contributed by atoms with van der Waals surface area (Å²) in [6.07, 6.45) is 2.28. The fourth-order valence-corrected chi connectivity index (χ4v) is 4.05. The highest BCUT2D eigenvalue weighted by atomic mass is 32.1. The summed E-state index contributed by atoms with van der Waals surface area (Å²) in [5.74, 6) is 1.78. The number of thiophene rings is 1. The molecule has 1 amide bonds. The number of benzene rings is 1. The van der Waals surface area contributed by atoms with Crippen LogP contribution in [0.3, 0.4) is 0 Å². The Hall–Kier alpha value is -1.85. The van der Waals surface area contributed by atoms with Crippen molar-refractivity contribution in [2.24, 2.45) is 11.8 Å². The van der Waals surface area contributed by atoms with Gasteiger partial charge in [-0.15, -0.1) is 11.3 Å². The van der Waals surface area contributed by atoms with Gasteiger partial charge in [-0.25, -0.2) is 0 Å². The van der Waals surface area contributed by atoms with E-state index in [0.29, 0.717) is 24.0 Å². The van der Waals surface area contributed by atoms with Crippen LogP contribution in [0.5, 0.6) is 5.75 Å². The quantitative estimate of drug-likeness (QED) is 0.730. The number of nitrogens with one attached hydrogen (secondary N) is 1. The Morgan fingerprint density at radius 2 is 2.07 bits per heavy atom. The second-order valence-electron chi connectivity index (χ2n) is 7.74. The molecule has 4 nitrogen and oxygen atoms in total. The number of carbonyl (C=O) groups is 1. The highest BCUT2D eigenvalue weighted by Crippen LogP contribution is 2.20. The molecule has 1 aromatic heterocycles. The third kappa shape index (κ3) is 6.36. The lowest BCUT2D eigenvalue weighted by molar-refractivity contribution is 0.0935. The van der Waals surface area contributed by atoms with Gasteiger partial charge in [0.15, 0.2) is 0 Å². The van der Waals surface area contributed by atoms with Crippen LogP contribution >= 0.6 is 11.3 Å². The zero-order valence-electron chi connectivity index (χ0n) is 16.3. The Bertz CT molecular complexity index is 707. The van der Waals surface area contributed by atoms with Crippen molar-refractivity contribution in [1.82, 2.24) is 10.2 Å². The van der Waals surface area contributed by atoms with Gasteiger partial charge in [0.25, 0.3) is 5.91 Å². The van der Waals surface area contributed by atoms with Crippen LogP contribution in [0.25, 0.3) is 0 Å². The minimum absolute atomic E-state index is 0.00832. The number of carbonyl (C=O) groups excluding carboxylic acids is 1. The molecule has 0 aliphatic carbocycles. The van der Waals surface area contributed by atoms with Gasteiger partial charge < -0.3 is 10.1 Å². The zero-order chi connectivity index (χ0) is 19.1. The van der Waals surface area contributed by atoms with Crippen molar-refractivity contribution in [3.8, 4) is 5.75 Å². The molecule has 3 rings (SSSR count). The average molecular weight is 387 g/mol. The third-order valence-electron chi connectivity index (χ3n) is 4.90. The first-order valence-electron chi connectivity index (χ1n) is 9.86. The molecule has 1 saturated heterocycles. The van der Waals surface area contributed by atoms with Crippen LogP contribution in [-0.2, 0) is 6.54 Å². The lowest BCUT2D eigenvalue weighted by Crippen LogP contribution is -2.38. The van der Waals surface area contributed by atoms with Gasteiger partial charge in [-0.2, -0.15) is 0 Å². The van der Waals surface area contributed by atoms with Crippen LogP contribution in [0, 0.1) is 11.8 Å². The van der Waals surface area contributed by atoms with Crippen LogP contribution in [-0.4, -0.2) is 37.0 Å². The van der Waals surface area contributed by atoms with Crippen molar-refractivity contribution in [3.05, 3.63) is 52.2 Å². The second kappa shape index (κ2) is 9.90. The summed E-state index contributed by atoms with van der Waals surface area (Å²) in [4.78, 5) is 16.4. The number of nitrogens with zero attached hydrogens (tertiary/aromatic N) is 1. The van der Waals surface area contributed by atoms with Gasteiger partial charge in [-0.3, -0.25) is 9.69 Å². The summed E-state index contributed by atoms with van der Waals surface area (Å²) in [6.45, 7) is 8.91. The van der Waals surface area contributed by atoms with Crippen molar-refractivity contribution < 1.29 is 9.53 Å². The SMILES string of the molecule is CC(C)COc1cccc(C(=O)NCC2CCN(Cc3cccs3)CC2)c1. The van der Waals surface area contributed by atoms with Crippen LogP contribution in [0.15, 0.2) is 41.8 Å². The van der Waals surface area contributed by atoms with Gasteiger partial charge in [-0.1, -0.05) is 26.0 Å². The molecule has 146 valence electrons. The summed E-state index contributed by atoms with van der Waals surface area (Å²) in [5, 5.41) is 5.25. The van der Waals surface area contributed by atoms with E-state index in [2.05, 4.69) is 41.6 Å². The molecular weight excluding hydrogens is 356 g/mol. The van der Waals surface area contributed by atoms with Crippen molar-refractivity contribution >= 4 is 17.2 Å². The van der Waals surface area contributed by atoms with E-state index in [9.17, 15) is 4.79 Å². The lowest BCUT2D eigenvalue weighted by Gasteiger charge is -2.31. The molecule has 0 unspecified atom stereocenters. The van der Waals surface area contributed by atoms with Crippen molar-refractivity contribution in [2.75, 3.05) is 26.2 Å². The molecule has 1 fully saturated rings. The van der Waals surface area contributed by atoms with Gasteiger partial charge >= 0.3 is 0 Å². The van der Waals surface area contributed by atoms with E-state index >= 15 is 0 Å². The predicted octanol–water partition coefficient (Wildman–Crippen LogP) is 4.42. The molecule has 0 atom stereocenters. The number of piperidine rings is 1. The van der Waals surface area contributed by atoms with Gasteiger partial charge in [0.1, 0.15) is 5.75 Å². The zero-order valence-corrected chi connectivity index (χ0v) is 17.1. The second-order valence-corrected chi connectivity index (χ2v) is 8.77. The Morgan fingerprint density at radius 1 is 1.26 bits per heavy atom. The monoisotopic (exact) mass is 386 g/mol. The normalized spacial score (nSPS) is 15.8. The fourth-order valence-electron chi connectivity index (χ4n) is 3.30. The summed E-state index contributed by atoms with van der Waals surface area (Å²) in [6, 6.07) is 11.8. The largest absolute Gasteiger partial charge is 0.493 e. The number of hydrogen-bond donors (Lipinski definition) is 1. The summed E-state index contributed by atoms with van der Waals surface area (Å²) >= 11 is 1.83. The number of hydrogen-bond acceptors (Lipinski definition) is 4. The first kappa shape index (κ1) is 19.9. The highest BCUT2D eigenvalue weighted by molar-refractivity contribution is 7.09. The van der Waals surface area contributed by atoms with Gasteiger partial charge in [0, 0.05) is 23.5 Å². The van der Waals surface area contributed by atoms with E-state index in [1.54, 1.807) is 0 Å². The van der Waals surface area contributed by atoms with Gasteiger partial charge in [-0.05, 0) is 67.4 Å². The summed E-state index contributed by atoms with van der Waals surface area (Å²) in [5.41, 5.74) is 0.673. The molecule has 0 spiro atoms. The standard InChI is InChI=1S/C22H30N2O2S/c1-17(2)16-26-20-6-3-5-19(13-20)22(25)23-14-18-8-10-24(11-9-18)15-21-7-4-12-27-21/h3-7,12-13,17-18H,8-11,14-16H2,1-2H3,(H,23,25). The molecule has 27 heavy (non-hydrogen) atoms. The summed E-state index contributed by atoms with van der Waals surface area (Å²) < 4.78 is 5.72. The predicted molar refractivity (Wildman–Crippen MR) is 111 cm³/mol. The van der Waals surface area contributed by atoms with E-state index in [-0.39, 0.29) is 5.91 Å². The molecule has 5 heteroatoms.